The fourth-order valence-corrected chi connectivity index (χ4v) is 2.85. The van der Waals surface area contributed by atoms with Gasteiger partial charge < -0.3 is 20.7 Å². The number of rotatable bonds is 4. The summed E-state index contributed by atoms with van der Waals surface area (Å²) in [5.41, 5.74) is 6.16. The lowest BCUT2D eigenvalue weighted by Gasteiger charge is -2.42. The zero-order chi connectivity index (χ0) is 12.4. The highest BCUT2D eigenvalue weighted by atomic mass is 16.5. The number of nitrogens with zero attached hydrogens (tertiary/aromatic N) is 1. The minimum atomic E-state index is 0.0333. The molecule has 2 fully saturated rings. The molecular weight excluding hydrogens is 214 g/mol. The summed E-state index contributed by atoms with van der Waals surface area (Å²) in [5.74, 6) is 0. The van der Waals surface area contributed by atoms with Crippen LogP contribution < -0.4 is 11.1 Å². The normalized spacial score (nSPS) is 34.1. The first kappa shape index (κ1) is 13.3. The number of nitrogens with two attached hydrogens (primary N) is 1. The Kier molecular flexibility index (Phi) is 4.08. The van der Waals surface area contributed by atoms with Crippen LogP contribution in [0.4, 0.5) is 0 Å². The van der Waals surface area contributed by atoms with Crippen LogP contribution in [0.25, 0.3) is 0 Å². The molecule has 17 heavy (non-hydrogen) atoms. The molecule has 0 aromatic rings. The van der Waals surface area contributed by atoms with E-state index in [0.717, 1.165) is 45.6 Å². The van der Waals surface area contributed by atoms with E-state index in [1.54, 1.807) is 0 Å². The van der Waals surface area contributed by atoms with Crippen molar-refractivity contribution < 1.29 is 4.74 Å². The molecule has 0 radical (unpaired) electrons. The average Bonchev–Trinajstić information content (AvgIpc) is 2.77. The van der Waals surface area contributed by atoms with Gasteiger partial charge in [-0.3, -0.25) is 0 Å². The van der Waals surface area contributed by atoms with E-state index in [-0.39, 0.29) is 11.1 Å². The predicted molar refractivity (Wildman–Crippen MR) is 70.1 cm³/mol. The van der Waals surface area contributed by atoms with E-state index < -0.39 is 0 Å². The standard InChI is InChI=1S/C13H27N3O/c1-12(4-3-9-17-12)11-15-13(10-14)5-7-16(2)8-6-13/h15H,3-11,14H2,1-2H3. The molecular formula is C13H27N3O. The predicted octanol–water partition coefficient (Wildman–Crippen LogP) is 0.568. The van der Waals surface area contributed by atoms with Crippen LogP contribution in [0, 0.1) is 0 Å². The molecule has 0 aromatic heterocycles. The Morgan fingerprint density at radius 1 is 1.29 bits per heavy atom. The summed E-state index contributed by atoms with van der Waals surface area (Å²) in [6.07, 6.45) is 4.66. The molecule has 0 amide bonds. The summed E-state index contributed by atoms with van der Waals surface area (Å²) in [5, 5.41) is 3.71. The Balaban J connectivity index is 1.86. The van der Waals surface area contributed by atoms with Crippen LogP contribution in [0.2, 0.25) is 0 Å². The molecule has 2 rings (SSSR count). The molecule has 1 atom stereocenters. The molecule has 2 aliphatic heterocycles. The van der Waals surface area contributed by atoms with Gasteiger partial charge in [0.05, 0.1) is 5.60 Å². The molecule has 100 valence electrons. The van der Waals surface area contributed by atoms with E-state index in [4.69, 9.17) is 10.5 Å². The number of hydrogen-bond acceptors (Lipinski definition) is 4. The fraction of sp³-hybridized carbons (Fsp3) is 1.00. The van der Waals surface area contributed by atoms with Crippen molar-refractivity contribution in [2.75, 3.05) is 39.8 Å². The van der Waals surface area contributed by atoms with E-state index >= 15 is 0 Å². The van der Waals surface area contributed by atoms with Crippen LogP contribution >= 0.6 is 0 Å². The maximum absolute atomic E-state index is 5.99. The minimum absolute atomic E-state index is 0.0333. The summed E-state index contributed by atoms with van der Waals surface area (Å²) in [4.78, 5) is 2.38. The zero-order valence-electron chi connectivity index (χ0n) is 11.3. The van der Waals surface area contributed by atoms with E-state index in [1.165, 1.54) is 12.8 Å². The Morgan fingerprint density at radius 3 is 2.53 bits per heavy atom. The first-order valence-electron chi connectivity index (χ1n) is 6.85. The molecule has 2 aliphatic rings. The lowest BCUT2D eigenvalue weighted by atomic mass is 9.86. The third kappa shape index (κ3) is 3.19. The molecule has 2 saturated heterocycles. The van der Waals surface area contributed by atoms with Gasteiger partial charge in [0.2, 0.25) is 0 Å². The molecule has 0 spiro atoms. The third-order valence-electron chi connectivity index (χ3n) is 4.47. The van der Waals surface area contributed by atoms with Crippen LogP contribution in [-0.4, -0.2) is 55.9 Å². The van der Waals surface area contributed by atoms with Gasteiger partial charge in [0.25, 0.3) is 0 Å². The van der Waals surface area contributed by atoms with Crippen molar-refractivity contribution in [2.45, 2.75) is 43.7 Å². The summed E-state index contributed by atoms with van der Waals surface area (Å²) >= 11 is 0. The van der Waals surface area contributed by atoms with Gasteiger partial charge in [-0.15, -0.1) is 0 Å². The number of likely N-dealkylation sites (tertiary alicyclic amines) is 1. The summed E-state index contributed by atoms with van der Waals surface area (Å²) in [6, 6.07) is 0. The van der Waals surface area contributed by atoms with Gasteiger partial charge in [-0.1, -0.05) is 0 Å². The quantitative estimate of drug-likeness (QED) is 0.755. The third-order valence-corrected chi connectivity index (χ3v) is 4.47. The molecule has 0 bridgehead atoms. The Morgan fingerprint density at radius 2 is 2.00 bits per heavy atom. The van der Waals surface area contributed by atoms with Crippen molar-refractivity contribution in [1.29, 1.82) is 0 Å². The van der Waals surface area contributed by atoms with Crippen molar-refractivity contribution in [3.63, 3.8) is 0 Å². The average molecular weight is 241 g/mol. The highest BCUT2D eigenvalue weighted by molar-refractivity contribution is 4.96. The van der Waals surface area contributed by atoms with Crippen molar-refractivity contribution in [3.8, 4) is 0 Å². The van der Waals surface area contributed by atoms with Crippen LogP contribution in [0.5, 0.6) is 0 Å². The first-order valence-corrected chi connectivity index (χ1v) is 6.85. The molecule has 2 heterocycles. The van der Waals surface area contributed by atoms with Gasteiger partial charge in [-0.05, 0) is 52.7 Å². The molecule has 0 aromatic carbocycles. The maximum Gasteiger partial charge on any atom is 0.0779 e. The topological polar surface area (TPSA) is 50.5 Å². The van der Waals surface area contributed by atoms with Crippen molar-refractivity contribution >= 4 is 0 Å². The molecule has 4 heteroatoms. The second kappa shape index (κ2) is 5.22. The number of nitrogens with one attached hydrogen (secondary N) is 1. The first-order chi connectivity index (χ1) is 8.08. The van der Waals surface area contributed by atoms with Crippen LogP contribution in [-0.2, 0) is 4.74 Å². The lowest BCUT2D eigenvalue weighted by Crippen LogP contribution is -2.59. The molecule has 1 unspecified atom stereocenters. The molecule has 3 N–H and O–H groups in total. The van der Waals surface area contributed by atoms with E-state index in [1.807, 2.05) is 0 Å². The number of hydrogen-bond donors (Lipinski definition) is 2. The summed E-state index contributed by atoms with van der Waals surface area (Å²) in [6.45, 7) is 7.08. The second-order valence-electron chi connectivity index (χ2n) is 6.04. The van der Waals surface area contributed by atoms with E-state index in [9.17, 15) is 0 Å². The SMILES string of the molecule is CN1CCC(CN)(NCC2(C)CCCO2)CC1. The highest BCUT2D eigenvalue weighted by Crippen LogP contribution is 2.27. The second-order valence-corrected chi connectivity index (χ2v) is 6.04. The lowest BCUT2D eigenvalue weighted by molar-refractivity contribution is 0.0101. The van der Waals surface area contributed by atoms with Crippen molar-refractivity contribution in [3.05, 3.63) is 0 Å². The smallest absolute Gasteiger partial charge is 0.0779 e. The van der Waals surface area contributed by atoms with Gasteiger partial charge in [0.1, 0.15) is 0 Å². The monoisotopic (exact) mass is 241 g/mol. The van der Waals surface area contributed by atoms with Crippen LogP contribution in [0.15, 0.2) is 0 Å². The van der Waals surface area contributed by atoms with Crippen molar-refractivity contribution in [1.82, 2.24) is 10.2 Å². The van der Waals surface area contributed by atoms with Gasteiger partial charge in [-0.2, -0.15) is 0 Å². The van der Waals surface area contributed by atoms with Crippen molar-refractivity contribution in [2.24, 2.45) is 5.73 Å². The molecule has 0 saturated carbocycles. The highest BCUT2D eigenvalue weighted by Gasteiger charge is 2.36. The molecule has 0 aliphatic carbocycles. The maximum atomic E-state index is 5.99. The van der Waals surface area contributed by atoms with Crippen LogP contribution in [0.3, 0.4) is 0 Å². The Bertz CT molecular complexity index is 243. The van der Waals surface area contributed by atoms with E-state index in [0.29, 0.717) is 0 Å². The van der Waals surface area contributed by atoms with E-state index in [2.05, 4.69) is 24.2 Å². The molecule has 4 nitrogen and oxygen atoms in total. The summed E-state index contributed by atoms with van der Waals surface area (Å²) < 4.78 is 5.83. The fourth-order valence-electron chi connectivity index (χ4n) is 2.85. The number of ether oxygens (including phenoxy) is 1. The van der Waals surface area contributed by atoms with Gasteiger partial charge in [-0.25, -0.2) is 0 Å². The Labute approximate surface area is 105 Å². The van der Waals surface area contributed by atoms with Gasteiger partial charge >= 0.3 is 0 Å². The number of piperidine rings is 1. The largest absolute Gasteiger partial charge is 0.374 e. The van der Waals surface area contributed by atoms with Gasteiger partial charge in [0, 0.05) is 25.2 Å². The Hall–Kier alpha value is -0.160. The summed E-state index contributed by atoms with van der Waals surface area (Å²) in [7, 11) is 2.18. The zero-order valence-corrected chi connectivity index (χ0v) is 11.3. The minimum Gasteiger partial charge on any atom is -0.374 e. The van der Waals surface area contributed by atoms with Gasteiger partial charge in [0.15, 0.2) is 0 Å². The van der Waals surface area contributed by atoms with Crippen LogP contribution in [0.1, 0.15) is 32.6 Å².